The molecule has 0 unspecified atom stereocenters. The molecule has 0 atom stereocenters. The van der Waals surface area contributed by atoms with Crippen molar-refractivity contribution in [2.24, 2.45) is 0 Å². The number of methoxy groups -OCH3 is 1. The van der Waals surface area contributed by atoms with Crippen LogP contribution in [0.1, 0.15) is 5.56 Å². The predicted octanol–water partition coefficient (Wildman–Crippen LogP) is 3.55. The first kappa shape index (κ1) is 26.2. The van der Waals surface area contributed by atoms with Crippen molar-refractivity contribution < 1.29 is 22.7 Å². The molecule has 1 aliphatic heterocycles. The lowest BCUT2D eigenvalue weighted by atomic mass is 10.1. The van der Waals surface area contributed by atoms with E-state index in [1.807, 2.05) is 19.1 Å². The van der Waals surface area contributed by atoms with E-state index in [0.717, 1.165) is 32.0 Å². The minimum atomic E-state index is -3.34. The number of hydrogen-bond donors (Lipinski definition) is 1. The van der Waals surface area contributed by atoms with E-state index in [0.29, 0.717) is 43.5 Å². The fourth-order valence-electron chi connectivity index (χ4n) is 4.25. The summed E-state index contributed by atoms with van der Waals surface area (Å²) in [7, 11) is -1.89. The van der Waals surface area contributed by atoms with E-state index < -0.39 is 9.84 Å². The molecule has 1 fully saturated rings. The van der Waals surface area contributed by atoms with Crippen LogP contribution in [0.2, 0.25) is 0 Å². The van der Waals surface area contributed by atoms with Crippen molar-refractivity contribution >= 4 is 48.9 Å². The van der Waals surface area contributed by atoms with Crippen molar-refractivity contribution in [1.82, 2.24) is 15.0 Å². The van der Waals surface area contributed by atoms with E-state index in [9.17, 15) is 13.2 Å². The SMILES string of the molecule is COCC(=O)Nc1ccc(-c2nc(N3CCOCC3)c3sc(-c4cccc(S(C)(=O)=O)c4)c(C)c3n2)cn1. The van der Waals surface area contributed by atoms with Gasteiger partial charge in [0.2, 0.25) is 0 Å². The van der Waals surface area contributed by atoms with Gasteiger partial charge in [-0.3, -0.25) is 4.79 Å². The molecule has 0 radical (unpaired) electrons. The van der Waals surface area contributed by atoms with E-state index in [-0.39, 0.29) is 17.4 Å². The molecule has 1 aromatic carbocycles. The number of rotatable bonds is 7. The number of carbonyl (C=O) groups is 1. The number of morpholine rings is 1. The third kappa shape index (κ3) is 5.39. The van der Waals surface area contributed by atoms with Gasteiger partial charge in [-0.15, -0.1) is 11.3 Å². The number of hydrogen-bond acceptors (Lipinski definition) is 10. The highest BCUT2D eigenvalue weighted by atomic mass is 32.2. The van der Waals surface area contributed by atoms with Gasteiger partial charge < -0.3 is 19.7 Å². The van der Waals surface area contributed by atoms with Crippen molar-refractivity contribution in [2.45, 2.75) is 11.8 Å². The molecular formula is C26H27N5O5S2. The van der Waals surface area contributed by atoms with E-state index in [4.69, 9.17) is 19.4 Å². The zero-order chi connectivity index (χ0) is 26.9. The summed E-state index contributed by atoms with van der Waals surface area (Å²) >= 11 is 1.56. The van der Waals surface area contributed by atoms with Crippen LogP contribution in [0.3, 0.4) is 0 Å². The second kappa shape index (κ2) is 10.7. The standard InChI is InChI=1S/C26H27N5O5S2/c1-16-22-24(37-23(16)17-5-4-6-19(13-17)38(3,33)34)26(31-9-11-36-12-10-31)30-25(29-22)18-7-8-20(27-14-18)28-21(32)15-35-2/h4-8,13-14H,9-12,15H2,1-3H3,(H,27,28,32). The number of pyridine rings is 1. The third-order valence-corrected chi connectivity index (χ3v) is 8.58. The largest absolute Gasteiger partial charge is 0.378 e. The van der Waals surface area contributed by atoms with Gasteiger partial charge in [-0.1, -0.05) is 12.1 Å². The number of fused-ring (bicyclic) bond motifs is 1. The highest BCUT2D eigenvalue weighted by Gasteiger charge is 2.23. The summed E-state index contributed by atoms with van der Waals surface area (Å²) in [5.41, 5.74) is 3.28. The van der Waals surface area contributed by atoms with Crippen LogP contribution >= 0.6 is 11.3 Å². The summed E-state index contributed by atoms with van der Waals surface area (Å²) in [6.45, 7) is 4.54. The summed E-state index contributed by atoms with van der Waals surface area (Å²) in [5.74, 6) is 1.44. The Labute approximate surface area is 224 Å². The van der Waals surface area contributed by atoms with Crippen molar-refractivity contribution in [3.8, 4) is 21.8 Å². The van der Waals surface area contributed by atoms with Gasteiger partial charge in [0, 0.05) is 43.1 Å². The number of nitrogens with zero attached hydrogens (tertiary/aromatic N) is 4. The second-order valence-electron chi connectivity index (χ2n) is 8.92. The quantitative estimate of drug-likeness (QED) is 0.366. The Balaban J connectivity index is 1.61. The number of ether oxygens (including phenoxy) is 2. The number of carbonyl (C=O) groups excluding carboxylic acids is 1. The lowest BCUT2D eigenvalue weighted by Crippen LogP contribution is -2.36. The molecule has 1 N–H and O–H groups in total. The van der Waals surface area contributed by atoms with Gasteiger partial charge in [-0.2, -0.15) is 0 Å². The van der Waals surface area contributed by atoms with E-state index in [1.54, 1.807) is 41.8 Å². The smallest absolute Gasteiger partial charge is 0.251 e. The molecule has 198 valence electrons. The van der Waals surface area contributed by atoms with Crippen LogP contribution in [0, 0.1) is 6.92 Å². The first-order valence-corrected chi connectivity index (χ1v) is 14.6. The molecule has 4 heterocycles. The molecule has 1 saturated heterocycles. The Morgan fingerprint density at radius 1 is 1.16 bits per heavy atom. The molecule has 4 aromatic rings. The monoisotopic (exact) mass is 553 g/mol. The van der Waals surface area contributed by atoms with Gasteiger partial charge in [0.15, 0.2) is 21.5 Å². The highest BCUT2D eigenvalue weighted by molar-refractivity contribution is 7.90. The Kier molecular flexibility index (Phi) is 7.39. The van der Waals surface area contributed by atoms with Gasteiger partial charge >= 0.3 is 0 Å². The lowest BCUT2D eigenvalue weighted by Gasteiger charge is -2.28. The molecule has 0 spiro atoms. The number of amides is 1. The number of benzene rings is 1. The summed E-state index contributed by atoms with van der Waals surface area (Å²) < 4.78 is 35.7. The second-order valence-corrected chi connectivity index (χ2v) is 12.0. The van der Waals surface area contributed by atoms with Crippen LogP contribution in [-0.4, -0.2) is 75.6 Å². The maximum Gasteiger partial charge on any atom is 0.251 e. The summed E-state index contributed by atoms with van der Waals surface area (Å²) in [4.78, 5) is 29.4. The minimum absolute atomic E-state index is 0.0566. The zero-order valence-electron chi connectivity index (χ0n) is 21.2. The molecule has 5 rings (SSSR count). The maximum absolute atomic E-state index is 12.2. The van der Waals surface area contributed by atoms with Crippen molar-refractivity contribution in [1.29, 1.82) is 0 Å². The summed E-state index contributed by atoms with van der Waals surface area (Å²) in [5, 5.41) is 2.68. The van der Waals surface area contributed by atoms with Crippen LogP contribution < -0.4 is 10.2 Å². The molecule has 0 aliphatic carbocycles. The Morgan fingerprint density at radius 3 is 2.63 bits per heavy atom. The minimum Gasteiger partial charge on any atom is -0.378 e. The molecule has 12 heteroatoms. The van der Waals surface area contributed by atoms with Crippen LogP contribution in [0.4, 0.5) is 11.6 Å². The van der Waals surface area contributed by atoms with Gasteiger partial charge in [0.05, 0.1) is 28.3 Å². The first-order valence-electron chi connectivity index (χ1n) is 11.9. The molecule has 0 saturated carbocycles. The molecule has 0 bridgehead atoms. The Hall–Kier alpha value is -3.45. The van der Waals surface area contributed by atoms with Crippen molar-refractivity contribution in [3.05, 3.63) is 48.2 Å². The van der Waals surface area contributed by atoms with E-state index in [1.165, 1.54) is 13.4 Å². The lowest BCUT2D eigenvalue weighted by molar-refractivity contribution is -0.119. The zero-order valence-corrected chi connectivity index (χ0v) is 22.9. The molecule has 1 aliphatic rings. The highest BCUT2D eigenvalue weighted by Crippen LogP contribution is 2.42. The summed E-state index contributed by atoms with van der Waals surface area (Å²) in [6, 6.07) is 10.5. The van der Waals surface area contributed by atoms with E-state index in [2.05, 4.69) is 15.2 Å². The number of sulfone groups is 1. The maximum atomic E-state index is 12.2. The van der Waals surface area contributed by atoms with Crippen LogP contribution in [0.25, 0.3) is 32.0 Å². The number of thiophene rings is 1. The topological polar surface area (TPSA) is 124 Å². The fourth-order valence-corrected chi connectivity index (χ4v) is 6.17. The Morgan fingerprint density at radius 2 is 1.95 bits per heavy atom. The average molecular weight is 554 g/mol. The van der Waals surface area contributed by atoms with Gasteiger partial charge in [0.25, 0.3) is 5.91 Å². The van der Waals surface area contributed by atoms with Crippen molar-refractivity contribution in [2.75, 3.05) is 56.5 Å². The van der Waals surface area contributed by atoms with Gasteiger partial charge in [-0.05, 0) is 42.3 Å². The first-order chi connectivity index (χ1) is 18.2. The predicted molar refractivity (Wildman–Crippen MR) is 147 cm³/mol. The number of aromatic nitrogens is 3. The number of nitrogens with one attached hydrogen (secondary N) is 1. The summed E-state index contributed by atoms with van der Waals surface area (Å²) in [6.07, 6.45) is 2.84. The molecule has 3 aromatic heterocycles. The molecule has 38 heavy (non-hydrogen) atoms. The molecule has 10 nitrogen and oxygen atoms in total. The Bertz CT molecular complexity index is 1600. The van der Waals surface area contributed by atoms with E-state index >= 15 is 0 Å². The van der Waals surface area contributed by atoms with Gasteiger partial charge in [-0.25, -0.2) is 23.4 Å². The van der Waals surface area contributed by atoms with Crippen LogP contribution in [0.15, 0.2) is 47.5 Å². The third-order valence-electron chi connectivity index (χ3n) is 6.15. The van der Waals surface area contributed by atoms with Crippen LogP contribution in [-0.2, 0) is 24.1 Å². The van der Waals surface area contributed by atoms with Gasteiger partial charge in [0.1, 0.15) is 12.4 Å². The van der Waals surface area contributed by atoms with Crippen molar-refractivity contribution in [3.63, 3.8) is 0 Å². The fraction of sp³-hybridized carbons (Fsp3) is 0.308. The molecular weight excluding hydrogens is 526 g/mol. The van der Waals surface area contributed by atoms with Crippen LogP contribution in [0.5, 0.6) is 0 Å². The molecule has 1 amide bonds. The number of aryl methyl sites for hydroxylation is 1. The average Bonchev–Trinajstić information content (AvgIpc) is 3.25. The number of anilines is 2. The normalized spacial score (nSPS) is 14.1.